The highest BCUT2D eigenvalue weighted by Crippen LogP contribution is 2.25. The Morgan fingerprint density at radius 3 is 2.35 bits per heavy atom. The summed E-state index contributed by atoms with van der Waals surface area (Å²) in [5.74, 6) is -0.122. The molecule has 0 saturated carbocycles. The van der Waals surface area contributed by atoms with Gasteiger partial charge in [-0.15, -0.1) is 10.2 Å². The second-order valence-electron chi connectivity index (χ2n) is 4.00. The van der Waals surface area contributed by atoms with Gasteiger partial charge in [-0.1, -0.05) is 41.9 Å². The second-order valence-corrected chi connectivity index (χ2v) is 4.44. The number of aromatic hydroxyl groups is 1. The molecule has 0 saturated heterocycles. The molecule has 0 amide bonds. The van der Waals surface area contributed by atoms with Crippen LogP contribution in [0.3, 0.4) is 0 Å². The van der Waals surface area contributed by atoms with Crippen molar-refractivity contribution >= 4 is 23.3 Å². The fourth-order valence-corrected chi connectivity index (χ4v) is 1.84. The third-order valence-corrected chi connectivity index (χ3v) is 2.76. The van der Waals surface area contributed by atoms with E-state index in [2.05, 4.69) is 10.2 Å². The van der Waals surface area contributed by atoms with E-state index in [0.29, 0.717) is 16.3 Å². The molecule has 0 radical (unpaired) electrons. The van der Waals surface area contributed by atoms with E-state index < -0.39 is 0 Å². The van der Waals surface area contributed by atoms with Crippen LogP contribution in [-0.2, 0) is 0 Å². The molecule has 20 heavy (non-hydrogen) atoms. The Balaban J connectivity index is 2.61. The van der Waals surface area contributed by atoms with Gasteiger partial charge in [0, 0.05) is 16.1 Å². The number of nitrogens with two attached hydrogens (primary N) is 2. The zero-order chi connectivity index (χ0) is 14.5. The number of benzene rings is 2. The van der Waals surface area contributed by atoms with Crippen molar-refractivity contribution in [2.75, 3.05) is 0 Å². The van der Waals surface area contributed by atoms with Crippen molar-refractivity contribution in [1.29, 1.82) is 0 Å². The lowest BCUT2D eigenvalue weighted by molar-refractivity contribution is 0.474. The predicted molar refractivity (Wildman–Crippen MR) is 81.0 cm³/mol. The van der Waals surface area contributed by atoms with Crippen LogP contribution in [0.1, 0.15) is 11.1 Å². The highest BCUT2D eigenvalue weighted by atomic mass is 35.5. The first-order valence-corrected chi connectivity index (χ1v) is 6.16. The standard InChI is InChI=1S/C14H13ClN4O/c15-10-6-7-12(20)11(8-10)13(18-19-14(16)17)9-4-2-1-3-5-9/h1-8,20H,(H4,16,17,19)/b18-13-. The van der Waals surface area contributed by atoms with Crippen LogP contribution in [0, 0.1) is 0 Å². The molecule has 2 rings (SSSR count). The van der Waals surface area contributed by atoms with Gasteiger partial charge in [0.15, 0.2) is 0 Å². The summed E-state index contributed by atoms with van der Waals surface area (Å²) in [5.41, 5.74) is 12.2. The lowest BCUT2D eigenvalue weighted by Crippen LogP contribution is -2.22. The molecule has 6 heteroatoms. The van der Waals surface area contributed by atoms with E-state index in [0.717, 1.165) is 5.56 Å². The number of halogens is 1. The lowest BCUT2D eigenvalue weighted by atomic mass is 10.0. The van der Waals surface area contributed by atoms with Gasteiger partial charge in [-0.25, -0.2) is 0 Å². The number of nitrogens with zero attached hydrogens (tertiary/aromatic N) is 2. The Kier molecular flexibility index (Phi) is 4.22. The molecular weight excluding hydrogens is 276 g/mol. The molecule has 0 fully saturated rings. The first-order chi connectivity index (χ1) is 9.58. The summed E-state index contributed by atoms with van der Waals surface area (Å²) in [6.07, 6.45) is 0. The first kappa shape index (κ1) is 13.9. The molecule has 0 aromatic heterocycles. The molecule has 102 valence electrons. The van der Waals surface area contributed by atoms with Gasteiger partial charge in [-0.2, -0.15) is 0 Å². The Morgan fingerprint density at radius 1 is 1.00 bits per heavy atom. The van der Waals surface area contributed by atoms with Gasteiger partial charge < -0.3 is 16.6 Å². The van der Waals surface area contributed by atoms with E-state index in [9.17, 15) is 5.11 Å². The monoisotopic (exact) mass is 288 g/mol. The normalized spacial score (nSPS) is 11.2. The van der Waals surface area contributed by atoms with Crippen molar-refractivity contribution in [3.8, 4) is 5.75 Å². The maximum atomic E-state index is 9.98. The maximum Gasteiger partial charge on any atom is 0.211 e. The molecule has 2 aromatic carbocycles. The van der Waals surface area contributed by atoms with Gasteiger partial charge in [0.2, 0.25) is 5.96 Å². The molecule has 5 N–H and O–H groups in total. The number of guanidine groups is 1. The van der Waals surface area contributed by atoms with Gasteiger partial charge in [0.05, 0.1) is 0 Å². The Hall–Kier alpha value is -2.53. The van der Waals surface area contributed by atoms with E-state index in [1.165, 1.54) is 6.07 Å². The lowest BCUT2D eigenvalue weighted by Gasteiger charge is -2.08. The summed E-state index contributed by atoms with van der Waals surface area (Å²) in [7, 11) is 0. The Bertz CT molecular complexity index is 664. The van der Waals surface area contributed by atoms with Crippen LogP contribution in [0.5, 0.6) is 5.75 Å². The van der Waals surface area contributed by atoms with Crippen LogP contribution < -0.4 is 11.5 Å². The van der Waals surface area contributed by atoms with E-state index in [1.807, 2.05) is 30.3 Å². The topological polar surface area (TPSA) is 97.0 Å². The maximum absolute atomic E-state index is 9.98. The molecule has 0 unspecified atom stereocenters. The SMILES string of the molecule is NC(N)=N/N=C(/c1ccccc1)c1cc(Cl)ccc1O. The molecule has 2 aromatic rings. The third kappa shape index (κ3) is 3.27. The van der Waals surface area contributed by atoms with Crippen molar-refractivity contribution in [3.63, 3.8) is 0 Å². The zero-order valence-corrected chi connectivity index (χ0v) is 11.2. The van der Waals surface area contributed by atoms with Crippen LogP contribution in [0.4, 0.5) is 0 Å². The van der Waals surface area contributed by atoms with Gasteiger partial charge >= 0.3 is 0 Å². The average Bonchev–Trinajstić information content (AvgIpc) is 2.43. The zero-order valence-electron chi connectivity index (χ0n) is 10.5. The summed E-state index contributed by atoms with van der Waals surface area (Å²) in [6.45, 7) is 0. The quantitative estimate of drug-likeness (QED) is 0.458. The average molecular weight is 289 g/mol. The minimum atomic E-state index is -0.167. The summed E-state index contributed by atoms with van der Waals surface area (Å²) < 4.78 is 0. The summed E-state index contributed by atoms with van der Waals surface area (Å²) in [5, 5.41) is 18.1. The van der Waals surface area contributed by atoms with E-state index in [1.54, 1.807) is 12.1 Å². The van der Waals surface area contributed by atoms with Crippen LogP contribution in [0.25, 0.3) is 0 Å². The summed E-state index contributed by atoms with van der Waals surface area (Å²) in [6, 6.07) is 13.9. The highest BCUT2D eigenvalue weighted by Gasteiger charge is 2.12. The number of hydrogen-bond donors (Lipinski definition) is 3. The first-order valence-electron chi connectivity index (χ1n) is 5.79. The molecule has 5 nitrogen and oxygen atoms in total. The fraction of sp³-hybridized carbons (Fsp3) is 0. The van der Waals surface area contributed by atoms with Crippen LogP contribution >= 0.6 is 11.6 Å². The van der Waals surface area contributed by atoms with E-state index in [4.69, 9.17) is 23.1 Å². The van der Waals surface area contributed by atoms with Gasteiger partial charge in [-0.3, -0.25) is 0 Å². The Labute approximate surface area is 121 Å². The number of hydrogen-bond acceptors (Lipinski definition) is 3. The highest BCUT2D eigenvalue weighted by molar-refractivity contribution is 6.31. The van der Waals surface area contributed by atoms with Crippen molar-refractivity contribution in [3.05, 3.63) is 64.7 Å². The van der Waals surface area contributed by atoms with Crippen LogP contribution in [-0.4, -0.2) is 16.8 Å². The van der Waals surface area contributed by atoms with Crippen molar-refractivity contribution in [2.45, 2.75) is 0 Å². The minimum Gasteiger partial charge on any atom is -0.507 e. The van der Waals surface area contributed by atoms with Gasteiger partial charge in [0.25, 0.3) is 0 Å². The van der Waals surface area contributed by atoms with Crippen LogP contribution in [0.2, 0.25) is 5.02 Å². The Morgan fingerprint density at radius 2 is 1.70 bits per heavy atom. The molecule has 0 bridgehead atoms. The van der Waals surface area contributed by atoms with Gasteiger partial charge in [0.1, 0.15) is 11.5 Å². The molecular formula is C14H13ClN4O. The molecule has 0 aliphatic rings. The third-order valence-electron chi connectivity index (χ3n) is 2.53. The van der Waals surface area contributed by atoms with E-state index in [-0.39, 0.29) is 11.7 Å². The van der Waals surface area contributed by atoms with E-state index >= 15 is 0 Å². The summed E-state index contributed by atoms with van der Waals surface area (Å²) >= 11 is 5.96. The summed E-state index contributed by atoms with van der Waals surface area (Å²) in [4.78, 5) is 0. The minimum absolute atomic E-state index is 0.0443. The predicted octanol–water partition coefficient (Wildman–Crippen LogP) is 2.07. The molecule has 0 heterocycles. The van der Waals surface area contributed by atoms with Crippen molar-refractivity contribution in [1.82, 2.24) is 0 Å². The number of phenolic OH excluding ortho intramolecular Hbond substituents is 1. The van der Waals surface area contributed by atoms with Gasteiger partial charge in [-0.05, 0) is 18.2 Å². The van der Waals surface area contributed by atoms with Crippen molar-refractivity contribution < 1.29 is 5.11 Å². The number of phenols is 1. The fourth-order valence-electron chi connectivity index (χ4n) is 1.67. The molecule has 0 atom stereocenters. The smallest absolute Gasteiger partial charge is 0.211 e. The number of rotatable bonds is 3. The van der Waals surface area contributed by atoms with Crippen LogP contribution in [0.15, 0.2) is 58.7 Å². The second kappa shape index (κ2) is 6.08. The molecule has 0 aliphatic carbocycles. The molecule has 0 spiro atoms. The largest absolute Gasteiger partial charge is 0.507 e. The van der Waals surface area contributed by atoms with Crippen molar-refractivity contribution in [2.24, 2.45) is 21.7 Å². The molecule has 0 aliphatic heterocycles.